The summed E-state index contributed by atoms with van der Waals surface area (Å²) in [5.41, 5.74) is 3.86. The number of halogens is 1. The highest BCUT2D eigenvalue weighted by Crippen LogP contribution is 2.39. The first-order valence-corrected chi connectivity index (χ1v) is 6.93. The van der Waals surface area contributed by atoms with Gasteiger partial charge in [0, 0.05) is 16.1 Å². The van der Waals surface area contributed by atoms with Crippen LogP contribution in [0.3, 0.4) is 0 Å². The zero-order valence-electron chi connectivity index (χ0n) is 10.5. The molecule has 3 rings (SSSR count). The molecule has 19 heavy (non-hydrogen) atoms. The van der Waals surface area contributed by atoms with E-state index in [-0.39, 0.29) is 5.56 Å². The summed E-state index contributed by atoms with van der Waals surface area (Å²) in [6, 6.07) is 5.67. The van der Waals surface area contributed by atoms with Gasteiger partial charge in [0.1, 0.15) is 5.75 Å². The summed E-state index contributed by atoms with van der Waals surface area (Å²) >= 11 is 3.50. The molecule has 1 aromatic heterocycles. The summed E-state index contributed by atoms with van der Waals surface area (Å²) in [6.07, 6.45) is 2.82. The normalized spacial score (nSPS) is 13.4. The number of hydrogen-bond donors (Lipinski definition) is 1. The Kier molecular flexibility index (Phi) is 3.14. The van der Waals surface area contributed by atoms with E-state index in [0.29, 0.717) is 0 Å². The van der Waals surface area contributed by atoms with E-state index in [1.807, 2.05) is 6.07 Å². The third-order valence-corrected chi connectivity index (χ3v) is 3.84. The number of methoxy groups -OCH3 is 1. The molecule has 1 N–H and O–H groups in total. The molecule has 1 aliphatic rings. The Bertz CT molecular complexity index is 694. The van der Waals surface area contributed by atoms with E-state index in [1.165, 1.54) is 5.56 Å². The molecule has 0 saturated carbocycles. The van der Waals surface area contributed by atoms with Gasteiger partial charge in [-0.2, -0.15) is 5.10 Å². The van der Waals surface area contributed by atoms with E-state index in [4.69, 9.17) is 4.74 Å². The largest absolute Gasteiger partial charge is 0.496 e. The Morgan fingerprint density at radius 3 is 2.84 bits per heavy atom. The monoisotopic (exact) mass is 320 g/mol. The van der Waals surface area contributed by atoms with Gasteiger partial charge in [-0.15, -0.1) is 0 Å². The topological polar surface area (TPSA) is 55.0 Å². The number of hydrogen-bond acceptors (Lipinski definition) is 3. The first-order valence-electron chi connectivity index (χ1n) is 6.14. The van der Waals surface area contributed by atoms with Crippen LogP contribution < -0.4 is 10.3 Å². The van der Waals surface area contributed by atoms with Gasteiger partial charge in [0.2, 0.25) is 0 Å². The van der Waals surface area contributed by atoms with Crippen molar-refractivity contribution in [1.82, 2.24) is 10.2 Å². The van der Waals surface area contributed by atoms with Gasteiger partial charge in [-0.05, 0) is 42.5 Å². The molecule has 0 unspecified atom stereocenters. The molecule has 1 aromatic carbocycles. The minimum absolute atomic E-state index is 0.154. The van der Waals surface area contributed by atoms with E-state index in [2.05, 4.69) is 32.2 Å². The highest BCUT2D eigenvalue weighted by Gasteiger charge is 2.21. The van der Waals surface area contributed by atoms with Crippen molar-refractivity contribution in [1.29, 1.82) is 0 Å². The van der Waals surface area contributed by atoms with Crippen LogP contribution in [0.5, 0.6) is 5.75 Å². The van der Waals surface area contributed by atoms with Crippen LogP contribution in [-0.4, -0.2) is 17.3 Å². The number of nitrogens with one attached hydrogen (secondary N) is 1. The minimum atomic E-state index is -0.154. The van der Waals surface area contributed by atoms with Crippen LogP contribution in [0, 0.1) is 0 Å². The molecular weight excluding hydrogens is 308 g/mol. The third-order valence-electron chi connectivity index (χ3n) is 3.38. The molecule has 0 amide bonds. The van der Waals surface area contributed by atoms with Gasteiger partial charge in [0.15, 0.2) is 0 Å². The Morgan fingerprint density at radius 2 is 2.05 bits per heavy atom. The van der Waals surface area contributed by atoms with Crippen LogP contribution >= 0.6 is 15.9 Å². The van der Waals surface area contributed by atoms with Gasteiger partial charge in [-0.3, -0.25) is 4.79 Å². The van der Waals surface area contributed by atoms with E-state index < -0.39 is 0 Å². The van der Waals surface area contributed by atoms with Gasteiger partial charge in [-0.1, -0.05) is 15.9 Å². The fraction of sp³-hybridized carbons (Fsp3) is 0.286. The van der Waals surface area contributed by atoms with Crippen molar-refractivity contribution in [2.45, 2.75) is 19.3 Å². The fourth-order valence-electron chi connectivity index (χ4n) is 2.58. The first-order chi connectivity index (χ1) is 9.19. The standard InChI is InChI=1S/C14H13BrN2O2/c1-19-11-7-10(15)5-8-3-2-4-9-6-12(18)16-17-14(9)13(8)11/h5-7H,2-4H2,1H3,(H,16,18). The molecule has 1 heterocycles. The smallest absolute Gasteiger partial charge is 0.264 e. The number of ether oxygens (including phenoxy) is 1. The quantitative estimate of drug-likeness (QED) is 0.879. The van der Waals surface area contributed by atoms with Crippen molar-refractivity contribution >= 4 is 15.9 Å². The zero-order chi connectivity index (χ0) is 13.4. The van der Waals surface area contributed by atoms with Gasteiger partial charge < -0.3 is 4.74 Å². The van der Waals surface area contributed by atoms with Gasteiger partial charge in [-0.25, -0.2) is 5.10 Å². The van der Waals surface area contributed by atoms with E-state index >= 15 is 0 Å². The van der Waals surface area contributed by atoms with Gasteiger partial charge in [0.05, 0.1) is 12.8 Å². The van der Waals surface area contributed by atoms with Gasteiger partial charge in [0.25, 0.3) is 5.56 Å². The molecule has 0 atom stereocenters. The maximum Gasteiger partial charge on any atom is 0.264 e. The minimum Gasteiger partial charge on any atom is -0.496 e. The lowest BCUT2D eigenvalue weighted by atomic mass is 10.0. The molecule has 1 aliphatic carbocycles. The van der Waals surface area contributed by atoms with E-state index in [9.17, 15) is 4.79 Å². The average molecular weight is 321 g/mol. The van der Waals surface area contributed by atoms with Crippen molar-refractivity contribution < 1.29 is 4.74 Å². The van der Waals surface area contributed by atoms with Crippen molar-refractivity contribution in [3.8, 4) is 17.0 Å². The number of aromatic nitrogens is 2. The molecule has 2 aromatic rings. The van der Waals surface area contributed by atoms with Crippen LogP contribution in [0.25, 0.3) is 11.3 Å². The molecule has 0 spiro atoms. The van der Waals surface area contributed by atoms with Crippen LogP contribution in [0.2, 0.25) is 0 Å². The fourth-order valence-corrected chi connectivity index (χ4v) is 3.07. The maximum atomic E-state index is 11.4. The van der Waals surface area contributed by atoms with Gasteiger partial charge >= 0.3 is 0 Å². The highest BCUT2D eigenvalue weighted by molar-refractivity contribution is 9.10. The number of H-pyrrole nitrogens is 1. The summed E-state index contributed by atoms with van der Waals surface area (Å²) in [6.45, 7) is 0. The summed E-state index contributed by atoms with van der Waals surface area (Å²) in [4.78, 5) is 11.4. The number of fused-ring (bicyclic) bond motifs is 3. The summed E-state index contributed by atoms with van der Waals surface area (Å²) in [5.74, 6) is 0.784. The zero-order valence-corrected chi connectivity index (χ0v) is 12.1. The Balaban J connectivity index is 2.33. The molecule has 4 nitrogen and oxygen atoms in total. The summed E-state index contributed by atoms with van der Waals surface area (Å²) in [7, 11) is 1.65. The van der Waals surface area contributed by atoms with E-state index in [1.54, 1.807) is 13.2 Å². The second-order valence-electron chi connectivity index (χ2n) is 4.60. The number of rotatable bonds is 1. The molecule has 5 heteroatoms. The molecule has 0 fully saturated rings. The Morgan fingerprint density at radius 1 is 1.26 bits per heavy atom. The molecule has 0 radical (unpaired) electrons. The van der Waals surface area contributed by atoms with Crippen molar-refractivity contribution in [2.75, 3.05) is 7.11 Å². The highest BCUT2D eigenvalue weighted by atomic mass is 79.9. The summed E-state index contributed by atoms with van der Waals surface area (Å²) in [5, 5.41) is 6.75. The van der Waals surface area contributed by atoms with Crippen LogP contribution in [0.1, 0.15) is 17.5 Å². The molecule has 0 bridgehead atoms. The average Bonchev–Trinajstić information content (AvgIpc) is 2.56. The SMILES string of the molecule is COc1cc(Br)cc2c1-c1n[nH]c(=O)cc1CCC2. The maximum absolute atomic E-state index is 11.4. The molecule has 98 valence electrons. The number of aromatic amines is 1. The number of nitrogens with zero attached hydrogens (tertiary/aromatic N) is 1. The predicted octanol–water partition coefficient (Wildman–Crippen LogP) is 2.70. The van der Waals surface area contributed by atoms with Crippen LogP contribution in [0.15, 0.2) is 27.5 Å². The second-order valence-corrected chi connectivity index (χ2v) is 5.52. The predicted molar refractivity (Wildman–Crippen MR) is 76.6 cm³/mol. The molecular formula is C14H13BrN2O2. The lowest BCUT2D eigenvalue weighted by Gasteiger charge is -2.13. The molecule has 0 saturated heterocycles. The second kappa shape index (κ2) is 4.81. The van der Waals surface area contributed by atoms with E-state index in [0.717, 1.165) is 46.3 Å². The van der Waals surface area contributed by atoms with Crippen molar-refractivity contribution in [2.24, 2.45) is 0 Å². The number of aryl methyl sites for hydroxylation is 2. The lowest BCUT2D eigenvalue weighted by molar-refractivity contribution is 0.415. The van der Waals surface area contributed by atoms with Crippen molar-refractivity contribution in [3.05, 3.63) is 44.2 Å². The van der Waals surface area contributed by atoms with Crippen LogP contribution in [0.4, 0.5) is 0 Å². The number of benzene rings is 1. The third kappa shape index (κ3) is 2.18. The Hall–Kier alpha value is -1.62. The summed E-state index contributed by atoms with van der Waals surface area (Å²) < 4.78 is 6.47. The molecule has 0 aliphatic heterocycles. The van der Waals surface area contributed by atoms with Crippen LogP contribution in [-0.2, 0) is 12.8 Å². The Labute approximate surface area is 118 Å². The lowest BCUT2D eigenvalue weighted by Crippen LogP contribution is -2.10. The first kappa shape index (κ1) is 12.4. The van der Waals surface area contributed by atoms with Crippen molar-refractivity contribution in [3.63, 3.8) is 0 Å².